The number of hydrogen-bond acceptors (Lipinski definition) is 2. The van der Waals surface area contributed by atoms with E-state index >= 15 is 0 Å². The molecule has 0 aromatic rings. The van der Waals surface area contributed by atoms with Crippen molar-refractivity contribution in [2.24, 2.45) is 10.9 Å². The molecule has 0 spiro atoms. The third-order valence-electron chi connectivity index (χ3n) is 2.55. The van der Waals surface area contributed by atoms with Crippen molar-refractivity contribution < 1.29 is 4.74 Å². The second-order valence-corrected chi connectivity index (χ2v) is 3.66. The molecule has 0 amide bonds. The van der Waals surface area contributed by atoms with Gasteiger partial charge in [0.15, 0.2) is 5.96 Å². The predicted octanol–water partition coefficient (Wildman–Crippen LogP) is 0.163. The first-order valence-electron chi connectivity index (χ1n) is 5.19. The molecule has 1 aliphatic rings. The summed E-state index contributed by atoms with van der Waals surface area (Å²) >= 11 is 0. The van der Waals surface area contributed by atoms with Gasteiger partial charge in [-0.3, -0.25) is 4.99 Å². The molecule has 1 rings (SSSR count). The molecule has 1 fully saturated rings. The van der Waals surface area contributed by atoms with E-state index in [1.54, 1.807) is 14.2 Å². The van der Waals surface area contributed by atoms with Gasteiger partial charge in [0.25, 0.3) is 0 Å². The van der Waals surface area contributed by atoms with Crippen LogP contribution in [0.5, 0.6) is 0 Å². The minimum atomic E-state index is 0.526. The number of likely N-dealkylation sites (tertiary alicyclic amines) is 1. The van der Waals surface area contributed by atoms with E-state index in [0.29, 0.717) is 12.5 Å². The predicted molar refractivity (Wildman–Crippen MR) is 61.8 cm³/mol. The minimum Gasteiger partial charge on any atom is -0.384 e. The van der Waals surface area contributed by atoms with Crippen LogP contribution in [0.15, 0.2) is 4.99 Å². The number of nitrogens with zero attached hydrogens (tertiary/aromatic N) is 2. The van der Waals surface area contributed by atoms with Crippen molar-refractivity contribution in [1.82, 2.24) is 10.2 Å². The first-order chi connectivity index (χ1) is 7.31. The average molecular weight is 209 g/mol. The van der Waals surface area contributed by atoms with E-state index in [-0.39, 0.29) is 0 Å². The first-order valence-corrected chi connectivity index (χ1v) is 5.19. The molecule has 0 radical (unpaired) electrons. The number of hydrogen-bond donors (Lipinski definition) is 1. The van der Waals surface area contributed by atoms with Gasteiger partial charge in [-0.1, -0.05) is 5.92 Å². The fourth-order valence-corrected chi connectivity index (χ4v) is 1.86. The second-order valence-electron chi connectivity index (χ2n) is 3.66. The summed E-state index contributed by atoms with van der Waals surface area (Å²) in [6.07, 6.45) is 6.36. The van der Waals surface area contributed by atoms with Gasteiger partial charge in [-0.2, -0.15) is 0 Å². The van der Waals surface area contributed by atoms with E-state index < -0.39 is 0 Å². The number of aliphatic imine (C=N–C) groups is 1. The molecule has 15 heavy (non-hydrogen) atoms. The summed E-state index contributed by atoms with van der Waals surface area (Å²) in [5.41, 5.74) is 0. The number of ether oxygens (including phenoxy) is 1. The van der Waals surface area contributed by atoms with Crippen molar-refractivity contribution in [3.8, 4) is 12.3 Å². The zero-order valence-electron chi connectivity index (χ0n) is 9.49. The quantitative estimate of drug-likeness (QED) is 0.409. The van der Waals surface area contributed by atoms with E-state index in [2.05, 4.69) is 21.1 Å². The standard InChI is InChI=1S/C11H19N3O/c1-4-6-13-11(12-2)14-7-5-10(8-14)9-15-3/h1,10H,5-9H2,2-3H3,(H,12,13). The van der Waals surface area contributed by atoms with E-state index in [1.165, 1.54) is 0 Å². The van der Waals surface area contributed by atoms with E-state index in [4.69, 9.17) is 11.2 Å². The molecule has 1 atom stereocenters. The molecule has 0 aromatic carbocycles. The van der Waals surface area contributed by atoms with Gasteiger partial charge in [0.05, 0.1) is 13.2 Å². The number of guanidine groups is 1. The lowest BCUT2D eigenvalue weighted by molar-refractivity contribution is 0.157. The largest absolute Gasteiger partial charge is 0.384 e. The van der Waals surface area contributed by atoms with Crippen LogP contribution < -0.4 is 5.32 Å². The molecule has 0 aliphatic carbocycles. The SMILES string of the molecule is C#CCNC(=NC)N1CCC(COC)C1. The van der Waals surface area contributed by atoms with E-state index in [9.17, 15) is 0 Å². The van der Waals surface area contributed by atoms with Crippen molar-refractivity contribution in [3.63, 3.8) is 0 Å². The van der Waals surface area contributed by atoms with Gasteiger partial charge in [0.1, 0.15) is 0 Å². The van der Waals surface area contributed by atoms with Crippen molar-refractivity contribution in [3.05, 3.63) is 0 Å². The monoisotopic (exact) mass is 209 g/mol. The number of rotatable bonds is 3. The van der Waals surface area contributed by atoms with Gasteiger partial charge < -0.3 is 15.0 Å². The number of nitrogens with one attached hydrogen (secondary N) is 1. The molecule has 0 aromatic heterocycles. The average Bonchev–Trinajstić information content (AvgIpc) is 2.68. The first kappa shape index (κ1) is 11.9. The lowest BCUT2D eigenvalue weighted by Crippen LogP contribution is -2.40. The molecule has 1 heterocycles. The highest BCUT2D eigenvalue weighted by Crippen LogP contribution is 2.15. The van der Waals surface area contributed by atoms with Crippen LogP contribution >= 0.6 is 0 Å². The molecule has 0 bridgehead atoms. The van der Waals surface area contributed by atoms with Gasteiger partial charge in [-0.05, 0) is 6.42 Å². The normalized spacial score (nSPS) is 21.5. The fourth-order valence-electron chi connectivity index (χ4n) is 1.86. The maximum Gasteiger partial charge on any atom is 0.194 e. The number of methoxy groups -OCH3 is 1. The van der Waals surface area contributed by atoms with Crippen LogP contribution in [0.3, 0.4) is 0 Å². The Kier molecular flexibility index (Phi) is 4.99. The Morgan fingerprint density at radius 2 is 2.53 bits per heavy atom. The van der Waals surface area contributed by atoms with Gasteiger partial charge >= 0.3 is 0 Å². The highest BCUT2D eigenvalue weighted by atomic mass is 16.5. The van der Waals surface area contributed by atoms with Gasteiger partial charge in [0.2, 0.25) is 0 Å². The van der Waals surface area contributed by atoms with Crippen molar-refractivity contribution in [2.45, 2.75) is 6.42 Å². The van der Waals surface area contributed by atoms with E-state index in [1.807, 2.05) is 0 Å². The second kappa shape index (κ2) is 6.31. The van der Waals surface area contributed by atoms with Crippen LogP contribution in [0.1, 0.15) is 6.42 Å². The van der Waals surface area contributed by atoms with Crippen LogP contribution in [-0.2, 0) is 4.74 Å². The third kappa shape index (κ3) is 3.45. The zero-order chi connectivity index (χ0) is 11.1. The number of terminal acetylenes is 1. The topological polar surface area (TPSA) is 36.9 Å². The Morgan fingerprint density at radius 3 is 3.13 bits per heavy atom. The molecule has 4 nitrogen and oxygen atoms in total. The summed E-state index contributed by atoms with van der Waals surface area (Å²) < 4.78 is 5.15. The summed E-state index contributed by atoms with van der Waals surface area (Å²) in [7, 11) is 3.52. The Morgan fingerprint density at radius 1 is 1.73 bits per heavy atom. The van der Waals surface area contributed by atoms with Gasteiger partial charge in [0, 0.05) is 33.2 Å². The molecular weight excluding hydrogens is 190 g/mol. The lowest BCUT2D eigenvalue weighted by atomic mass is 10.1. The van der Waals surface area contributed by atoms with Gasteiger partial charge in [-0.15, -0.1) is 6.42 Å². The highest BCUT2D eigenvalue weighted by Gasteiger charge is 2.24. The van der Waals surface area contributed by atoms with Crippen molar-refractivity contribution >= 4 is 5.96 Å². The Labute approximate surface area is 91.7 Å². The van der Waals surface area contributed by atoms with E-state index in [0.717, 1.165) is 32.1 Å². The van der Waals surface area contributed by atoms with Crippen LogP contribution in [-0.4, -0.2) is 51.3 Å². The third-order valence-corrected chi connectivity index (χ3v) is 2.55. The molecule has 1 saturated heterocycles. The summed E-state index contributed by atoms with van der Waals surface area (Å²) in [6, 6.07) is 0. The van der Waals surface area contributed by atoms with Crippen LogP contribution in [0.4, 0.5) is 0 Å². The Bertz CT molecular complexity index is 257. The van der Waals surface area contributed by atoms with Crippen LogP contribution in [0.2, 0.25) is 0 Å². The maximum atomic E-state index is 5.20. The Balaban J connectivity index is 2.40. The zero-order valence-corrected chi connectivity index (χ0v) is 9.49. The molecule has 1 unspecified atom stereocenters. The Hall–Kier alpha value is -1.21. The fraction of sp³-hybridized carbons (Fsp3) is 0.727. The minimum absolute atomic E-state index is 0.526. The van der Waals surface area contributed by atoms with Crippen LogP contribution in [0.25, 0.3) is 0 Å². The van der Waals surface area contributed by atoms with Crippen LogP contribution in [0, 0.1) is 18.3 Å². The smallest absolute Gasteiger partial charge is 0.194 e. The molecule has 1 aliphatic heterocycles. The molecule has 84 valence electrons. The molecule has 1 N–H and O–H groups in total. The summed E-state index contributed by atoms with van der Waals surface area (Å²) in [6.45, 7) is 3.37. The highest BCUT2D eigenvalue weighted by molar-refractivity contribution is 5.80. The molecular formula is C11H19N3O. The van der Waals surface area contributed by atoms with Crippen molar-refractivity contribution in [1.29, 1.82) is 0 Å². The molecule has 0 saturated carbocycles. The maximum absolute atomic E-state index is 5.20. The van der Waals surface area contributed by atoms with Crippen molar-refractivity contribution in [2.75, 3.05) is 40.4 Å². The lowest BCUT2D eigenvalue weighted by Gasteiger charge is -2.20. The summed E-state index contributed by atoms with van der Waals surface area (Å²) in [5.74, 6) is 4.05. The summed E-state index contributed by atoms with van der Waals surface area (Å²) in [4.78, 5) is 6.42. The molecule has 4 heteroatoms. The van der Waals surface area contributed by atoms with Gasteiger partial charge in [-0.25, -0.2) is 0 Å². The summed E-state index contributed by atoms with van der Waals surface area (Å²) in [5, 5.41) is 3.12.